The maximum Gasteiger partial charge on any atom is 0.133 e. The minimum Gasteiger partial charge on any atom is -0.337 e. The van der Waals surface area contributed by atoms with Crippen molar-refractivity contribution >= 4 is 5.78 Å². The van der Waals surface area contributed by atoms with Gasteiger partial charge in [0, 0.05) is 36.1 Å². The fourth-order valence-corrected chi connectivity index (χ4v) is 3.22. The average molecular weight is 392 g/mol. The fraction of sp³-hybridized carbons (Fsp3) is 0.400. The summed E-state index contributed by atoms with van der Waals surface area (Å²) in [7, 11) is 2.00. The quantitative estimate of drug-likeness (QED) is 0.566. The first-order valence-corrected chi connectivity index (χ1v) is 10.3. The van der Waals surface area contributed by atoms with Crippen LogP contribution in [0.3, 0.4) is 0 Å². The molecule has 2 aromatic heterocycles. The van der Waals surface area contributed by atoms with Crippen LogP contribution < -0.4 is 0 Å². The summed E-state index contributed by atoms with van der Waals surface area (Å²) >= 11 is 0. The Bertz CT molecular complexity index is 903. The lowest BCUT2D eigenvalue weighted by Crippen LogP contribution is -1.94. The number of carbonyl (C=O) groups is 1. The first-order chi connectivity index (χ1) is 13.9. The van der Waals surface area contributed by atoms with E-state index in [1.165, 1.54) is 16.8 Å². The maximum absolute atomic E-state index is 11.3. The summed E-state index contributed by atoms with van der Waals surface area (Å²) in [6.07, 6.45) is 4.72. The molecule has 0 saturated heterocycles. The molecule has 1 aliphatic rings. The molecule has 4 rings (SSSR count). The van der Waals surface area contributed by atoms with Gasteiger partial charge in [0.1, 0.15) is 5.78 Å². The van der Waals surface area contributed by atoms with Gasteiger partial charge in [-0.2, -0.15) is 0 Å². The smallest absolute Gasteiger partial charge is 0.133 e. The van der Waals surface area contributed by atoms with Crippen LogP contribution in [0.4, 0.5) is 0 Å². The normalized spacial score (nSPS) is 16.8. The van der Waals surface area contributed by atoms with Crippen LogP contribution in [-0.2, 0) is 11.8 Å². The first-order valence-electron chi connectivity index (χ1n) is 10.3. The second-order valence-electron chi connectivity index (χ2n) is 7.45. The van der Waals surface area contributed by atoms with Crippen LogP contribution in [0.25, 0.3) is 11.3 Å². The van der Waals surface area contributed by atoms with Gasteiger partial charge in [0.2, 0.25) is 0 Å². The van der Waals surface area contributed by atoms with Gasteiger partial charge < -0.3 is 4.57 Å². The van der Waals surface area contributed by atoms with Gasteiger partial charge in [-0.3, -0.25) is 9.78 Å². The van der Waals surface area contributed by atoms with Crippen molar-refractivity contribution in [3.63, 3.8) is 0 Å². The van der Waals surface area contributed by atoms with E-state index in [1.54, 1.807) is 6.92 Å². The molecule has 0 amide bonds. The predicted octanol–water partition coefficient (Wildman–Crippen LogP) is 5.81. The van der Waals surface area contributed by atoms with E-state index in [4.69, 9.17) is 0 Å². The summed E-state index contributed by atoms with van der Waals surface area (Å²) in [4.78, 5) is 19.8. The van der Waals surface area contributed by atoms with E-state index in [-0.39, 0.29) is 5.92 Å². The highest BCUT2D eigenvalue weighted by Crippen LogP contribution is 2.48. The lowest BCUT2D eigenvalue weighted by Gasteiger charge is -2.03. The van der Waals surface area contributed by atoms with Gasteiger partial charge in [0.25, 0.3) is 0 Å². The Labute approximate surface area is 175 Å². The monoisotopic (exact) mass is 391 g/mol. The van der Waals surface area contributed by atoms with Crippen molar-refractivity contribution in [2.45, 2.75) is 53.9 Å². The molecule has 0 N–H and O–H groups in total. The molecular formula is C25H33N3O. The van der Waals surface area contributed by atoms with Gasteiger partial charge in [0.05, 0.1) is 12.0 Å². The predicted molar refractivity (Wildman–Crippen MR) is 120 cm³/mol. The molecule has 0 radical (unpaired) electrons. The number of Topliss-reactive ketones (excluding diaryl/α,β-unsaturated/α-hetero) is 1. The number of aromatic nitrogens is 3. The molecule has 4 nitrogen and oxygen atoms in total. The molecule has 0 bridgehead atoms. The highest BCUT2D eigenvalue weighted by Gasteiger charge is 2.41. The molecular weight excluding hydrogens is 358 g/mol. The molecule has 29 heavy (non-hydrogen) atoms. The Morgan fingerprint density at radius 1 is 1.00 bits per heavy atom. The van der Waals surface area contributed by atoms with Crippen molar-refractivity contribution in [2.75, 3.05) is 0 Å². The highest BCUT2D eigenvalue weighted by atomic mass is 16.1. The summed E-state index contributed by atoms with van der Waals surface area (Å²) in [6, 6.07) is 12.6. The van der Waals surface area contributed by atoms with Crippen LogP contribution in [0.2, 0.25) is 0 Å². The Morgan fingerprint density at radius 2 is 1.66 bits per heavy atom. The van der Waals surface area contributed by atoms with Gasteiger partial charge in [0.15, 0.2) is 0 Å². The number of nitrogens with zero attached hydrogens (tertiary/aromatic N) is 3. The van der Waals surface area contributed by atoms with Crippen molar-refractivity contribution in [3.05, 3.63) is 71.4 Å². The number of rotatable bonds is 3. The van der Waals surface area contributed by atoms with Crippen LogP contribution in [0.1, 0.15) is 55.6 Å². The molecule has 1 aromatic carbocycles. The van der Waals surface area contributed by atoms with Crippen molar-refractivity contribution in [2.24, 2.45) is 13.0 Å². The summed E-state index contributed by atoms with van der Waals surface area (Å²) in [5.74, 6) is 1.01. The maximum atomic E-state index is 11.3. The lowest BCUT2D eigenvalue weighted by atomic mass is 10.0. The average Bonchev–Trinajstić information content (AvgIpc) is 3.47. The molecule has 2 heterocycles. The molecule has 2 unspecified atom stereocenters. The molecule has 0 aliphatic heterocycles. The van der Waals surface area contributed by atoms with Crippen LogP contribution in [0.5, 0.6) is 0 Å². The number of imidazole rings is 1. The van der Waals surface area contributed by atoms with E-state index in [0.29, 0.717) is 11.7 Å². The zero-order valence-electron chi connectivity index (χ0n) is 18.7. The van der Waals surface area contributed by atoms with E-state index in [1.807, 2.05) is 57.9 Å². The lowest BCUT2D eigenvalue weighted by molar-refractivity contribution is -0.118. The van der Waals surface area contributed by atoms with Crippen molar-refractivity contribution < 1.29 is 4.79 Å². The zero-order valence-corrected chi connectivity index (χ0v) is 18.7. The molecule has 3 aromatic rings. The molecule has 2 atom stereocenters. The molecule has 4 heteroatoms. The summed E-state index contributed by atoms with van der Waals surface area (Å²) in [5.41, 5.74) is 6.92. The summed E-state index contributed by atoms with van der Waals surface area (Å²) in [5, 5.41) is 0. The van der Waals surface area contributed by atoms with Crippen LogP contribution in [-0.4, -0.2) is 20.3 Å². The third kappa shape index (κ3) is 5.86. The third-order valence-electron chi connectivity index (χ3n) is 5.22. The second-order valence-corrected chi connectivity index (χ2v) is 7.45. The number of carbonyl (C=O) groups excluding carboxylic acids is 1. The number of pyridine rings is 1. The summed E-state index contributed by atoms with van der Waals surface area (Å²) in [6.45, 7) is 11.8. The van der Waals surface area contributed by atoms with Crippen LogP contribution in [0, 0.1) is 26.7 Å². The second kappa shape index (κ2) is 10.1. The Morgan fingerprint density at radius 3 is 2.07 bits per heavy atom. The summed E-state index contributed by atoms with van der Waals surface area (Å²) < 4.78 is 2.02. The van der Waals surface area contributed by atoms with E-state index in [2.05, 4.69) is 47.2 Å². The zero-order chi connectivity index (χ0) is 21.6. The van der Waals surface area contributed by atoms with Gasteiger partial charge in [-0.25, -0.2) is 4.98 Å². The number of benzene rings is 1. The molecule has 0 spiro atoms. The number of hydrogen-bond donors (Lipinski definition) is 0. The number of ketones is 1. The van der Waals surface area contributed by atoms with E-state index in [0.717, 1.165) is 23.4 Å². The highest BCUT2D eigenvalue weighted by molar-refractivity contribution is 5.82. The molecule has 1 fully saturated rings. The third-order valence-corrected chi connectivity index (χ3v) is 5.22. The van der Waals surface area contributed by atoms with Crippen molar-refractivity contribution in [1.29, 1.82) is 0 Å². The topological polar surface area (TPSA) is 47.8 Å². The Hall–Kier alpha value is -2.75. The first kappa shape index (κ1) is 22.5. The van der Waals surface area contributed by atoms with Gasteiger partial charge in [-0.15, -0.1) is 0 Å². The van der Waals surface area contributed by atoms with Crippen molar-refractivity contribution in [1.82, 2.24) is 14.5 Å². The Balaban J connectivity index is 0.000000252. The number of hydrogen-bond acceptors (Lipinski definition) is 3. The fourth-order valence-electron chi connectivity index (χ4n) is 3.22. The van der Waals surface area contributed by atoms with E-state index in [9.17, 15) is 4.79 Å². The molecule has 1 aliphatic carbocycles. The SMILES string of the molecule is CC.CC(=O)C1CC1c1ccc(-c2ncn(C)c2C)cc1.Cc1ccc(C)nc1. The van der Waals surface area contributed by atoms with E-state index < -0.39 is 0 Å². The standard InChI is InChI=1S/C16H18N2O.C7H9N.C2H6/c1-10-16(17-9-18(10)3)13-6-4-12(5-7-13)15-8-14(15)11(2)19;1-6-3-4-7(2)8-5-6;1-2/h4-7,9,14-15H,8H2,1-3H3;3-5H,1-2H3;1-2H3. The van der Waals surface area contributed by atoms with Gasteiger partial charge in [-0.1, -0.05) is 44.2 Å². The minimum absolute atomic E-state index is 0.252. The molecule has 1 saturated carbocycles. The van der Waals surface area contributed by atoms with Crippen LogP contribution >= 0.6 is 0 Å². The van der Waals surface area contributed by atoms with E-state index >= 15 is 0 Å². The molecule has 154 valence electrons. The largest absolute Gasteiger partial charge is 0.337 e. The number of aryl methyl sites for hydroxylation is 3. The van der Waals surface area contributed by atoms with Crippen LogP contribution in [0.15, 0.2) is 48.9 Å². The van der Waals surface area contributed by atoms with Gasteiger partial charge in [-0.05, 0) is 57.2 Å². The Kier molecular flexibility index (Phi) is 7.89. The minimum atomic E-state index is 0.252. The van der Waals surface area contributed by atoms with Gasteiger partial charge >= 0.3 is 0 Å². The van der Waals surface area contributed by atoms with Crippen molar-refractivity contribution in [3.8, 4) is 11.3 Å².